The predicted molar refractivity (Wildman–Crippen MR) is 65.4 cm³/mol. The Morgan fingerprint density at radius 3 is 2.53 bits per heavy atom. The molecular weight excluding hydrogens is 186 g/mol. The van der Waals surface area contributed by atoms with Gasteiger partial charge >= 0.3 is 0 Å². The van der Waals surface area contributed by atoms with Crippen LogP contribution >= 0.6 is 0 Å². The summed E-state index contributed by atoms with van der Waals surface area (Å²) in [4.78, 5) is 2.33. The fourth-order valence-corrected chi connectivity index (χ4v) is 1.83. The second-order valence-corrected chi connectivity index (χ2v) is 3.64. The van der Waals surface area contributed by atoms with Crippen molar-refractivity contribution in [2.75, 3.05) is 24.6 Å². The van der Waals surface area contributed by atoms with Crippen molar-refractivity contribution in [3.05, 3.63) is 29.8 Å². The Kier molecular flexibility index (Phi) is 5.19. The van der Waals surface area contributed by atoms with Crippen LogP contribution in [0.3, 0.4) is 0 Å². The fraction of sp³-hybridized carbons (Fsp3) is 0.538. The minimum Gasteiger partial charge on any atom is -0.396 e. The van der Waals surface area contributed by atoms with Crippen molar-refractivity contribution >= 4 is 5.69 Å². The Balaban J connectivity index is 2.80. The molecule has 0 aliphatic rings. The number of aliphatic hydroxyl groups excluding tert-OH is 1. The largest absolute Gasteiger partial charge is 0.396 e. The van der Waals surface area contributed by atoms with Crippen LogP contribution in [0, 0.1) is 0 Å². The molecule has 0 bridgehead atoms. The third-order valence-electron chi connectivity index (χ3n) is 2.68. The molecule has 0 unspecified atom stereocenters. The highest BCUT2D eigenvalue weighted by Crippen LogP contribution is 2.20. The van der Waals surface area contributed by atoms with E-state index >= 15 is 0 Å². The lowest BCUT2D eigenvalue weighted by molar-refractivity contribution is 0.289. The van der Waals surface area contributed by atoms with E-state index in [9.17, 15) is 0 Å². The van der Waals surface area contributed by atoms with Crippen LogP contribution in [0.25, 0.3) is 0 Å². The number of hydrogen-bond donors (Lipinski definition) is 1. The highest BCUT2D eigenvalue weighted by Gasteiger charge is 2.06. The SMILES string of the molecule is CCc1ccccc1N(CC)CCCO. The van der Waals surface area contributed by atoms with Gasteiger partial charge in [0.05, 0.1) is 0 Å². The minimum absolute atomic E-state index is 0.269. The van der Waals surface area contributed by atoms with Gasteiger partial charge in [0.15, 0.2) is 0 Å². The third-order valence-corrected chi connectivity index (χ3v) is 2.68. The van der Waals surface area contributed by atoms with Gasteiger partial charge in [-0.1, -0.05) is 25.1 Å². The van der Waals surface area contributed by atoms with E-state index in [2.05, 4.69) is 43.0 Å². The molecule has 0 aromatic heterocycles. The zero-order chi connectivity index (χ0) is 11.1. The summed E-state index contributed by atoms with van der Waals surface area (Å²) in [7, 11) is 0. The van der Waals surface area contributed by atoms with E-state index in [0.29, 0.717) is 0 Å². The van der Waals surface area contributed by atoms with Crippen LogP contribution in [-0.4, -0.2) is 24.8 Å². The molecule has 15 heavy (non-hydrogen) atoms. The molecule has 0 aliphatic heterocycles. The van der Waals surface area contributed by atoms with Crippen LogP contribution < -0.4 is 4.90 Å². The minimum atomic E-state index is 0.269. The fourth-order valence-electron chi connectivity index (χ4n) is 1.83. The Hall–Kier alpha value is -1.02. The quantitative estimate of drug-likeness (QED) is 0.774. The summed E-state index contributed by atoms with van der Waals surface area (Å²) in [6, 6.07) is 8.51. The number of hydrogen-bond acceptors (Lipinski definition) is 2. The normalized spacial score (nSPS) is 10.3. The molecule has 1 N–H and O–H groups in total. The van der Waals surface area contributed by atoms with Crippen molar-refractivity contribution in [1.82, 2.24) is 0 Å². The lowest BCUT2D eigenvalue weighted by Gasteiger charge is -2.25. The summed E-state index contributed by atoms with van der Waals surface area (Å²) >= 11 is 0. The highest BCUT2D eigenvalue weighted by molar-refractivity contribution is 5.53. The van der Waals surface area contributed by atoms with Crippen molar-refractivity contribution in [3.63, 3.8) is 0 Å². The average Bonchev–Trinajstić information content (AvgIpc) is 2.30. The standard InChI is InChI=1S/C13H21NO/c1-3-12-8-5-6-9-13(12)14(4-2)10-7-11-15/h5-6,8-9,15H,3-4,7,10-11H2,1-2H3. The number of para-hydroxylation sites is 1. The van der Waals surface area contributed by atoms with Gasteiger partial charge < -0.3 is 10.0 Å². The van der Waals surface area contributed by atoms with Crippen LogP contribution in [-0.2, 0) is 6.42 Å². The van der Waals surface area contributed by atoms with Gasteiger partial charge in [0, 0.05) is 25.4 Å². The Morgan fingerprint density at radius 1 is 1.20 bits per heavy atom. The molecule has 0 spiro atoms. The first-order chi connectivity index (χ1) is 7.33. The van der Waals surface area contributed by atoms with Crippen LogP contribution in [0.5, 0.6) is 0 Å². The molecule has 84 valence electrons. The van der Waals surface area contributed by atoms with Crippen molar-refractivity contribution in [2.24, 2.45) is 0 Å². The number of aliphatic hydroxyl groups is 1. The Labute approximate surface area is 92.5 Å². The van der Waals surface area contributed by atoms with Crippen LogP contribution in [0.2, 0.25) is 0 Å². The maximum absolute atomic E-state index is 8.86. The van der Waals surface area contributed by atoms with Crippen molar-refractivity contribution in [1.29, 1.82) is 0 Å². The van der Waals surface area contributed by atoms with Crippen molar-refractivity contribution in [2.45, 2.75) is 26.7 Å². The molecule has 0 atom stereocenters. The lowest BCUT2D eigenvalue weighted by atomic mass is 10.1. The van der Waals surface area contributed by atoms with E-state index in [1.165, 1.54) is 11.3 Å². The zero-order valence-electron chi connectivity index (χ0n) is 9.74. The molecule has 0 heterocycles. The molecule has 0 aliphatic carbocycles. The van der Waals surface area contributed by atoms with Crippen LogP contribution in [0.15, 0.2) is 24.3 Å². The number of aryl methyl sites for hydroxylation is 1. The Morgan fingerprint density at radius 2 is 1.93 bits per heavy atom. The molecule has 0 saturated carbocycles. The molecular formula is C13H21NO. The molecule has 1 aromatic carbocycles. The van der Waals surface area contributed by atoms with Gasteiger partial charge in [0.2, 0.25) is 0 Å². The van der Waals surface area contributed by atoms with E-state index in [0.717, 1.165) is 25.9 Å². The number of nitrogens with zero attached hydrogens (tertiary/aromatic N) is 1. The number of rotatable bonds is 6. The van der Waals surface area contributed by atoms with E-state index < -0.39 is 0 Å². The monoisotopic (exact) mass is 207 g/mol. The number of anilines is 1. The summed E-state index contributed by atoms with van der Waals surface area (Å²) in [6.07, 6.45) is 1.90. The predicted octanol–water partition coefficient (Wildman–Crippen LogP) is 2.46. The molecule has 1 aromatic rings. The lowest BCUT2D eigenvalue weighted by Crippen LogP contribution is -2.25. The Bertz CT molecular complexity index is 286. The van der Waals surface area contributed by atoms with E-state index in [4.69, 9.17) is 5.11 Å². The van der Waals surface area contributed by atoms with E-state index in [-0.39, 0.29) is 6.61 Å². The van der Waals surface area contributed by atoms with Crippen molar-refractivity contribution in [3.8, 4) is 0 Å². The van der Waals surface area contributed by atoms with Crippen LogP contribution in [0.4, 0.5) is 5.69 Å². The maximum Gasteiger partial charge on any atom is 0.0447 e. The smallest absolute Gasteiger partial charge is 0.0447 e. The molecule has 2 heteroatoms. The molecule has 0 amide bonds. The third kappa shape index (κ3) is 3.24. The van der Waals surface area contributed by atoms with E-state index in [1.807, 2.05) is 0 Å². The first-order valence-corrected chi connectivity index (χ1v) is 5.77. The van der Waals surface area contributed by atoms with Gasteiger partial charge in [-0.25, -0.2) is 0 Å². The summed E-state index contributed by atoms with van der Waals surface area (Å²) in [5.41, 5.74) is 2.70. The number of benzene rings is 1. The van der Waals surface area contributed by atoms with Gasteiger partial charge in [-0.05, 0) is 31.4 Å². The maximum atomic E-state index is 8.86. The average molecular weight is 207 g/mol. The first kappa shape index (κ1) is 12.1. The van der Waals surface area contributed by atoms with Gasteiger partial charge in [0.25, 0.3) is 0 Å². The van der Waals surface area contributed by atoms with Gasteiger partial charge in [-0.2, -0.15) is 0 Å². The first-order valence-electron chi connectivity index (χ1n) is 5.77. The van der Waals surface area contributed by atoms with Gasteiger partial charge in [-0.3, -0.25) is 0 Å². The zero-order valence-corrected chi connectivity index (χ0v) is 9.74. The second-order valence-electron chi connectivity index (χ2n) is 3.64. The summed E-state index contributed by atoms with van der Waals surface area (Å²) < 4.78 is 0. The molecule has 0 radical (unpaired) electrons. The van der Waals surface area contributed by atoms with E-state index in [1.54, 1.807) is 0 Å². The molecule has 0 fully saturated rings. The van der Waals surface area contributed by atoms with Gasteiger partial charge in [0.1, 0.15) is 0 Å². The topological polar surface area (TPSA) is 23.5 Å². The van der Waals surface area contributed by atoms with Crippen LogP contribution in [0.1, 0.15) is 25.8 Å². The second kappa shape index (κ2) is 6.46. The summed E-state index contributed by atoms with van der Waals surface area (Å²) in [5.74, 6) is 0. The molecule has 0 saturated heterocycles. The van der Waals surface area contributed by atoms with Crippen molar-refractivity contribution < 1.29 is 5.11 Å². The molecule has 2 nitrogen and oxygen atoms in total. The molecule has 1 rings (SSSR count). The highest BCUT2D eigenvalue weighted by atomic mass is 16.3. The van der Waals surface area contributed by atoms with Gasteiger partial charge in [-0.15, -0.1) is 0 Å². The summed E-state index contributed by atoms with van der Waals surface area (Å²) in [6.45, 7) is 6.54. The summed E-state index contributed by atoms with van der Waals surface area (Å²) in [5, 5.41) is 8.86.